The number of rotatable bonds is 2. The normalized spacial score (nSPS) is 12.9. The molecule has 48 valence electrons. The highest BCUT2D eigenvalue weighted by molar-refractivity contribution is 7.55. The maximum absolute atomic E-state index is 9.94. The fourth-order valence-corrected chi connectivity index (χ4v) is 0.595. The largest absolute Gasteiger partial charge is 0.348 e. The molecule has 0 spiro atoms. The predicted octanol–water partition coefficient (Wildman–Crippen LogP) is -0.363. The average molecular weight is 137 g/mol. The van der Waals surface area contributed by atoms with Gasteiger partial charge in [-0.05, 0) is 0 Å². The molecule has 0 saturated carbocycles. The minimum absolute atomic E-state index is 0.158. The van der Waals surface area contributed by atoms with Gasteiger partial charge in [0, 0.05) is 12.4 Å². The zero-order valence-electron chi connectivity index (χ0n) is 4.19. The Balaban J connectivity index is 3.71. The molecule has 0 atom stereocenters. The van der Waals surface area contributed by atoms with Crippen LogP contribution in [0.25, 0.3) is 0 Å². The molecule has 0 rings (SSSR count). The summed E-state index contributed by atoms with van der Waals surface area (Å²) >= 11 is 0. The Morgan fingerprint density at radius 2 is 2.12 bits per heavy atom. The highest BCUT2D eigenvalue weighted by Gasteiger charge is 2.03. The van der Waals surface area contributed by atoms with Gasteiger partial charge in [-0.1, -0.05) is 6.08 Å². The molecule has 0 unspecified atom stereocenters. The van der Waals surface area contributed by atoms with E-state index in [0.717, 1.165) is 5.82 Å². The molecule has 0 aliphatic carbocycles. The first-order valence-corrected chi connectivity index (χ1v) is 3.67. The highest BCUT2D eigenvalue weighted by Crippen LogP contribution is 2.35. The molecule has 0 aromatic heterocycles. The monoisotopic (exact) mass is 137 g/mol. The van der Waals surface area contributed by atoms with Crippen LogP contribution in [0.5, 0.6) is 0 Å². The van der Waals surface area contributed by atoms with E-state index in [1.54, 1.807) is 0 Å². The smallest absolute Gasteiger partial charge is 0.327 e. The van der Waals surface area contributed by atoms with Crippen molar-refractivity contribution in [3.63, 3.8) is 0 Å². The van der Waals surface area contributed by atoms with Crippen LogP contribution in [0.15, 0.2) is 11.9 Å². The first-order valence-electron chi connectivity index (χ1n) is 1.99. The summed E-state index contributed by atoms with van der Waals surface area (Å²) in [5.74, 6) is 0.785. The lowest BCUT2D eigenvalue weighted by molar-refractivity contribution is 0.386. The summed E-state index contributed by atoms with van der Waals surface area (Å²) in [4.78, 5) is 16.2. The van der Waals surface area contributed by atoms with Gasteiger partial charge in [0.25, 0.3) is 0 Å². The maximum Gasteiger partial charge on any atom is 0.348 e. The molecule has 0 saturated heterocycles. The van der Waals surface area contributed by atoms with Crippen molar-refractivity contribution in [1.82, 2.24) is 0 Å². The van der Waals surface area contributed by atoms with Crippen molar-refractivity contribution in [1.29, 1.82) is 0 Å². The minimum atomic E-state index is -3.94. The second kappa shape index (κ2) is 2.99. The Morgan fingerprint density at radius 1 is 1.62 bits per heavy atom. The quantitative estimate of drug-likeness (QED) is 0.453. The summed E-state index contributed by atoms with van der Waals surface area (Å²) in [5, 5.41) is 0. The Kier molecular flexibility index (Phi) is 2.94. The summed E-state index contributed by atoms with van der Waals surface area (Å²) in [7, 11) is -3.94. The van der Waals surface area contributed by atoms with Crippen molar-refractivity contribution >= 4 is 7.60 Å². The van der Waals surface area contributed by atoms with E-state index in [1.165, 1.54) is 6.08 Å². The van der Waals surface area contributed by atoms with Crippen LogP contribution in [0.2, 0.25) is 0 Å². The second-order valence-electron chi connectivity index (χ2n) is 1.21. The molecule has 0 amide bonds. The highest BCUT2D eigenvalue weighted by atomic mass is 31.2. The van der Waals surface area contributed by atoms with Crippen LogP contribution in [-0.2, 0) is 4.57 Å². The third-order valence-corrected chi connectivity index (χ3v) is 1.03. The Bertz CT molecular complexity index is 126. The van der Waals surface area contributed by atoms with Gasteiger partial charge in [-0.2, -0.15) is 0 Å². The molecule has 0 aromatic carbocycles. The SMILES string of the molecule is NCC=CP(=O)(O)O. The fourth-order valence-electron chi connectivity index (χ4n) is 0.198. The van der Waals surface area contributed by atoms with Gasteiger partial charge in [-0.25, -0.2) is 0 Å². The van der Waals surface area contributed by atoms with E-state index in [9.17, 15) is 4.57 Å². The number of hydrogen-bond donors (Lipinski definition) is 3. The molecule has 0 aliphatic rings. The molecule has 8 heavy (non-hydrogen) atoms. The van der Waals surface area contributed by atoms with Gasteiger partial charge < -0.3 is 15.5 Å². The van der Waals surface area contributed by atoms with Crippen LogP contribution >= 0.6 is 7.60 Å². The van der Waals surface area contributed by atoms with Crippen molar-refractivity contribution in [3.05, 3.63) is 11.9 Å². The standard InChI is InChI=1S/C3H8NO3P/c4-2-1-3-8(5,6)7/h1,3H,2,4H2,(H2,5,6,7). The van der Waals surface area contributed by atoms with Crippen molar-refractivity contribution < 1.29 is 14.4 Å². The van der Waals surface area contributed by atoms with Gasteiger partial charge >= 0.3 is 7.60 Å². The van der Waals surface area contributed by atoms with E-state index < -0.39 is 7.60 Å². The fraction of sp³-hybridized carbons (Fsp3) is 0.333. The van der Waals surface area contributed by atoms with E-state index in [2.05, 4.69) is 0 Å². The Hall–Kier alpha value is -0.150. The van der Waals surface area contributed by atoms with Crippen LogP contribution in [0.3, 0.4) is 0 Å². The van der Waals surface area contributed by atoms with Crippen LogP contribution in [0.1, 0.15) is 0 Å². The van der Waals surface area contributed by atoms with E-state index in [0.29, 0.717) is 0 Å². The summed E-state index contributed by atoms with van der Waals surface area (Å²) < 4.78 is 9.94. The summed E-state index contributed by atoms with van der Waals surface area (Å²) in [6.07, 6.45) is 1.22. The zero-order chi connectivity index (χ0) is 6.62. The lowest BCUT2D eigenvalue weighted by atomic mass is 10.7. The predicted molar refractivity (Wildman–Crippen MR) is 30.2 cm³/mol. The summed E-state index contributed by atoms with van der Waals surface area (Å²) in [5.41, 5.74) is 4.91. The molecule has 0 radical (unpaired) electrons. The van der Waals surface area contributed by atoms with Crippen molar-refractivity contribution in [2.24, 2.45) is 5.73 Å². The third kappa shape index (κ3) is 5.85. The summed E-state index contributed by atoms with van der Waals surface area (Å²) in [6.45, 7) is 0.158. The van der Waals surface area contributed by atoms with Crippen LogP contribution in [0.4, 0.5) is 0 Å². The molecule has 0 aliphatic heterocycles. The van der Waals surface area contributed by atoms with E-state index in [4.69, 9.17) is 15.5 Å². The molecular weight excluding hydrogens is 129 g/mol. The maximum atomic E-state index is 9.94. The van der Waals surface area contributed by atoms with Gasteiger partial charge in [0.1, 0.15) is 0 Å². The van der Waals surface area contributed by atoms with Crippen molar-refractivity contribution in [2.45, 2.75) is 0 Å². The van der Waals surface area contributed by atoms with Crippen LogP contribution in [-0.4, -0.2) is 16.3 Å². The van der Waals surface area contributed by atoms with Crippen molar-refractivity contribution in [2.75, 3.05) is 6.54 Å². The zero-order valence-corrected chi connectivity index (χ0v) is 5.08. The average Bonchev–Trinajstić information content (AvgIpc) is 1.59. The summed E-state index contributed by atoms with van der Waals surface area (Å²) in [6, 6.07) is 0. The first-order chi connectivity index (χ1) is 3.56. The second-order valence-corrected chi connectivity index (χ2v) is 2.69. The molecule has 4 nitrogen and oxygen atoms in total. The van der Waals surface area contributed by atoms with Gasteiger partial charge in [-0.15, -0.1) is 0 Å². The lowest BCUT2D eigenvalue weighted by Gasteiger charge is -1.90. The molecule has 0 bridgehead atoms. The number of nitrogens with two attached hydrogens (primary N) is 1. The molecule has 0 fully saturated rings. The first kappa shape index (κ1) is 7.85. The van der Waals surface area contributed by atoms with Crippen molar-refractivity contribution in [3.8, 4) is 0 Å². The topological polar surface area (TPSA) is 83.6 Å². The Morgan fingerprint density at radius 3 is 2.25 bits per heavy atom. The molecule has 4 N–H and O–H groups in total. The van der Waals surface area contributed by atoms with E-state index >= 15 is 0 Å². The minimum Gasteiger partial charge on any atom is -0.327 e. The Labute approximate surface area is 47.2 Å². The van der Waals surface area contributed by atoms with Gasteiger partial charge in [0.05, 0.1) is 0 Å². The van der Waals surface area contributed by atoms with Crippen LogP contribution in [0, 0.1) is 0 Å². The molecular formula is C3H8NO3P. The van der Waals surface area contributed by atoms with Gasteiger partial charge in [0.15, 0.2) is 0 Å². The lowest BCUT2D eigenvalue weighted by Crippen LogP contribution is -1.91. The molecule has 0 aromatic rings. The molecule has 5 heteroatoms. The van der Waals surface area contributed by atoms with Crippen LogP contribution < -0.4 is 5.73 Å². The third-order valence-electron chi connectivity index (χ3n) is 0.436. The van der Waals surface area contributed by atoms with Gasteiger partial charge in [-0.3, -0.25) is 4.57 Å². The van der Waals surface area contributed by atoms with E-state index in [1.807, 2.05) is 0 Å². The number of hydrogen-bond acceptors (Lipinski definition) is 2. The molecule has 0 heterocycles. The van der Waals surface area contributed by atoms with E-state index in [-0.39, 0.29) is 6.54 Å². The van der Waals surface area contributed by atoms with Gasteiger partial charge in [0.2, 0.25) is 0 Å².